The fourth-order valence-electron chi connectivity index (χ4n) is 2.81. The third-order valence-corrected chi connectivity index (χ3v) is 5.45. The summed E-state index contributed by atoms with van der Waals surface area (Å²) in [5.41, 5.74) is 0. The molecule has 0 atom stereocenters. The van der Waals surface area contributed by atoms with Crippen molar-refractivity contribution < 1.29 is 0 Å². The standard InChI is InChI=1S/C17H30N4S.HI/c1-4-15-12-20-16(22-15)10-11-19-17(18-5-2)21-14-8-6-13(3)7-9-14;/h12-14H,4-11H2,1-3H3,(H2,18,19,21);1H. The lowest BCUT2D eigenvalue weighted by Gasteiger charge is -2.28. The fraction of sp³-hybridized carbons (Fsp3) is 0.765. The van der Waals surface area contributed by atoms with E-state index in [1.807, 2.05) is 17.5 Å². The molecule has 0 aliphatic heterocycles. The zero-order valence-electron chi connectivity index (χ0n) is 14.6. The smallest absolute Gasteiger partial charge is 0.191 e. The Morgan fingerprint density at radius 3 is 2.65 bits per heavy atom. The number of aliphatic imine (C=N–C) groups is 1. The molecule has 0 bridgehead atoms. The highest BCUT2D eigenvalue weighted by molar-refractivity contribution is 14.0. The molecule has 0 aromatic carbocycles. The summed E-state index contributed by atoms with van der Waals surface area (Å²) >= 11 is 1.81. The molecule has 1 fully saturated rings. The highest BCUT2D eigenvalue weighted by atomic mass is 127. The van der Waals surface area contributed by atoms with Crippen LogP contribution in [0.1, 0.15) is 56.3 Å². The second-order valence-electron chi connectivity index (χ2n) is 6.19. The number of rotatable bonds is 6. The summed E-state index contributed by atoms with van der Waals surface area (Å²) in [7, 11) is 0. The summed E-state index contributed by atoms with van der Waals surface area (Å²) in [5.74, 6) is 1.85. The molecule has 0 radical (unpaired) electrons. The van der Waals surface area contributed by atoms with E-state index in [9.17, 15) is 0 Å². The van der Waals surface area contributed by atoms with Gasteiger partial charge in [-0.25, -0.2) is 4.98 Å². The second kappa shape index (κ2) is 11.2. The van der Waals surface area contributed by atoms with Crippen molar-refractivity contribution >= 4 is 41.3 Å². The van der Waals surface area contributed by atoms with Gasteiger partial charge >= 0.3 is 0 Å². The van der Waals surface area contributed by atoms with Crippen LogP contribution in [0.25, 0.3) is 0 Å². The normalized spacial score (nSPS) is 21.6. The Morgan fingerprint density at radius 1 is 1.30 bits per heavy atom. The van der Waals surface area contributed by atoms with Gasteiger partial charge in [-0.3, -0.25) is 4.99 Å². The molecular formula is C17H31IN4S. The Morgan fingerprint density at radius 2 is 2.04 bits per heavy atom. The average molecular weight is 450 g/mol. The predicted octanol–water partition coefficient (Wildman–Crippen LogP) is 4.00. The van der Waals surface area contributed by atoms with Gasteiger partial charge in [0.1, 0.15) is 0 Å². The predicted molar refractivity (Wildman–Crippen MR) is 111 cm³/mol. The SMILES string of the molecule is CCNC(=NCCc1ncc(CC)s1)NC1CCC(C)CC1.I. The lowest BCUT2D eigenvalue weighted by Crippen LogP contribution is -2.44. The molecule has 0 spiro atoms. The fourth-order valence-corrected chi connectivity index (χ4v) is 3.66. The van der Waals surface area contributed by atoms with Crippen LogP contribution >= 0.6 is 35.3 Å². The van der Waals surface area contributed by atoms with Gasteiger partial charge < -0.3 is 10.6 Å². The molecule has 4 nitrogen and oxygen atoms in total. The van der Waals surface area contributed by atoms with E-state index in [1.165, 1.54) is 35.6 Å². The minimum atomic E-state index is 0. The Balaban J connectivity index is 0.00000264. The van der Waals surface area contributed by atoms with Crippen LogP contribution in [-0.4, -0.2) is 30.1 Å². The van der Waals surface area contributed by atoms with Crippen molar-refractivity contribution in [3.05, 3.63) is 16.1 Å². The molecule has 0 amide bonds. The number of hydrogen-bond acceptors (Lipinski definition) is 3. The highest BCUT2D eigenvalue weighted by Crippen LogP contribution is 2.23. The van der Waals surface area contributed by atoms with Crippen LogP contribution in [0.3, 0.4) is 0 Å². The molecular weight excluding hydrogens is 419 g/mol. The zero-order chi connectivity index (χ0) is 15.8. The van der Waals surface area contributed by atoms with E-state index >= 15 is 0 Å². The van der Waals surface area contributed by atoms with Gasteiger partial charge in [-0.05, 0) is 44.9 Å². The van der Waals surface area contributed by atoms with E-state index in [2.05, 4.69) is 36.4 Å². The molecule has 1 aliphatic carbocycles. The van der Waals surface area contributed by atoms with Gasteiger partial charge in [0.15, 0.2) is 5.96 Å². The molecule has 2 N–H and O–H groups in total. The van der Waals surface area contributed by atoms with Gasteiger partial charge in [0.25, 0.3) is 0 Å². The van der Waals surface area contributed by atoms with Crippen LogP contribution in [0, 0.1) is 5.92 Å². The third kappa shape index (κ3) is 7.37. The minimum absolute atomic E-state index is 0. The molecule has 23 heavy (non-hydrogen) atoms. The number of aryl methyl sites for hydroxylation is 1. The summed E-state index contributed by atoms with van der Waals surface area (Å²) in [6, 6.07) is 0.584. The maximum Gasteiger partial charge on any atom is 0.191 e. The lowest BCUT2D eigenvalue weighted by molar-refractivity contribution is 0.329. The Kier molecular flexibility index (Phi) is 10.1. The summed E-state index contributed by atoms with van der Waals surface area (Å²) in [6.07, 6.45) is 9.19. The molecule has 132 valence electrons. The molecule has 1 heterocycles. The van der Waals surface area contributed by atoms with E-state index in [1.54, 1.807) is 0 Å². The van der Waals surface area contributed by atoms with E-state index < -0.39 is 0 Å². The van der Waals surface area contributed by atoms with Crippen LogP contribution < -0.4 is 10.6 Å². The van der Waals surface area contributed by atoms with Gasteiger partial charge in [0, 0.05) is 36.6 Å². The minimum Gasteiger partial charge on any atom is -0.357 e. The van der Waals surface area contributed by atoms with Crippen LogP contribution in [0.2, 0.25) is 0 Å². The number of guanidine groups is 1. The summed E-state index contributed by atoms with van der Waals surface area (Å²) in [4.78, 5) is 10.5. The number of halogens is 1. The summed E-state index contributed by atoms with van der Waals surface area (Å²) in [6.45, 7) is 8.36. The second-order valence-corrected chi connectivity index (χ2v) is 7.39. The molecule has 0 unspecified atom stereocenters. The molecule has 1 saturated carbocycles. The molecule has 6 heteroatoms. The lowest BCUT2D eigenvalue weighted by atomic mass is 9.87. The van der Waals surface area contributed by atoms with Crippen LogP contribution in [-0.2, 0) is 12.8 Å². The van der Waals surface area contributed by atoms with Crippen LogP contribution in [0.5, 0.6) is 0 Å². The van der Waals surface area contributed by atoms with Gasteiger partial charge in [-0.2, -0.15) is 0 Å². The maximum atomic E-state index is 4.72. The Hall–Kier alpha value is -0.370. The number of hydrogen-bond donors (Lipinski definition) is 2. The van der Waals surface area contributed by atoms with E-state index in [0.717, 1.165) is 37.8 Å². The zero-order valence-corrected chi connectivity index (χ0v) is 17.7. The number of nitrogens with zero attached hydrogens (tertiary/aromatic N) is 2. The van der Waals surface area contributed by atoms with E-state index in [4.69, 9.17) is 4.99 Å². The van der Waals surface area contributed by atoms with Gasteiger partial charge in [-0.1, -0.05) is 13.8 Å². The average Bonchev–Trinajstić information content (AvgIpc) is 2.98. The van der Waals surface area contributed by atoms with Crippen molar-refractivity contribution in [3.8, 4) is 0 Å². The van der Waals surface area contributed by atoms with Crippen molar-refractivity contribution in [2.45, 2.75) is 65.3 Å². The summed E-state index contributed by atoms with van der Waals surface area (Å²) < 4.78 is 0. The maximum absolute atomic E-state index is 4.72. The van der Waals surface area contributed by atoms with E-state index in [0.29, 0.717) is 6.04 Å². The third-order valence-electron chi connectivity index (χ3n) is 4.25. The van der Waals surface area contributed by atoms with Gasteiger partial charge in [0.05, 0.1) is 5.01 Å². The monoisotopic (exact) mass is 450 g/mol. The first-order valence-electron chi connectivity index (χ1n) is 8.69. The molecule has 1 aromatic rings. The van der Waals surface area contributed by atoms with Gasteiger partial charge in [0.2, 0.25) is 0 Å². The quantitative estimate of drug-likeness (QED) is 0.391. The van der Waals surface area contributed by atoms with Crippen LogP contribution in [0.4, 0.5) is 0 Å². The van der Waals surface area contributed by atoms with Crippen LogP contribution in [0.15, 0.2) is 11.2 Å². The molecule has 0 saturated heterocycles. The van der Waals surface area contributed by atoms with Crippen molar-refractivity contribution in [2.75, 3.05) is 13.1 Å². The van der Waals surface area contributed by atoms with Gasteiger partial charge in [-0.15, -0.1) is 35.3 Å². The van der Waals surface area contributed by atoms with Crippen molar-refractivity contribution in [3.63, 3.8) is 0 Å². The first kappa shape index (κ1) is 20.7. The number of nitrogens with one attached hydrogen (secondary N) is 2. The molecule has 2 rings (SSSR count). The topological polar surface area (TPSA) is 49.3 Å². The van der Waals surface area contributed by atoms with Crippen molar-refractivity contribution in [2.24, 2.45) is 10.9 Å². The first-order chi connectivity index (χ1) is 10.7. The number of thiazole rings is 1. The first-order valence-corrected chi connectivity index (χ1v) is 9.51. The Bertz CT molecular complexity index is 467. The summed E-state index contributed by atoms with van der Waals surface area (Å²) in [5, 5.41) is 8.16. The molecule has 1 aromatic heterocycles. The largest absolute Gasteiger partial charge is 0.357 e. The van der Waals surface area contributed by atoms with Crippen molar-refractivity contribution in [1.82, 2.24) is 15.6 Å². The van der Waals surface area contributed by atoms with Crippen molar-refractivity contribution in [1.29, 1.82) is 0 Å². The van der Waals surface area contributed by atoms with E-state index in [-0.39, 0.29) is 24.0 Å². The highest BCUT2D eigenvalue weighted by Gasteiger charge is 2.18. The number of aromatic nitrogens is 1. The Labute approximate surface area is 162 Å². The molecule has 1 aliphatic rings.